The van der Waals surface area contributed by atoms with Crippen molar-refractivity contribution < 1.29 is 19.1 Å². The van der Waals surface area contributed by atoms with Crippen LogP contribution in [0.2, 0.25) is 0 Å². The average molecular weight is 666 g/mol. The number of amides is 2. The monoisotopic (exact) mass is 665 g/mol. The number of nitrogens with zero attached hydrogens (tertiary/aromatic N) is 3. The normalized spacial score (nSPS) is 21.7. The van der Waals surface area contributed by atoms with Gasteiger partial charge in [-0.1, -0.05) is 19.1 Å². The number of hydrogen-bond donors (Lipinski definition) is 2. The lowest BCUT2D eigenvalue weighted by Gasteiger charge is -2.36. The van der Waals surface area contributed by atoms with E-state index in [2.05, 4.69) is 33.4 Å². The topological polar surface area (TPSA) is 104 Å². The van der Waals surface area contributed by atoms with Gasteiger partial charge in [-0.2, -0.15) is 0 Å². The second-order valence-electron chi connectivity index (χ2n) is 15.5. The van der Waals surface area contributed by atoms with Crippen molar-refractivity contribution in [2.75, 3.05) is 46.9 Å². The zero-order chi connectivity index (χ0) is 34.1. The second kappa shape index (κ2) is 14.2. The third-order valence-electron chi connectivity index (χ3n) is 11.8. The number of pyridine rings is 1. The molecular weight excluding hydrogens is 614 g/mol. The minimum atomic E-state index is -0.278. The smallest absolute Gasteiger partial charge is 0.305 e. The standard InChI is InChI=1S/C40H51N5O4/c1-40(14-15-40)32-8-10-35-31(23-32)22-30-21-29(7-9-34(30)42-35)39(48)43-36(13-18-45-16-11-26(12-17-45)19-37(46)49-3)27-5-4-6-28(20-27)38(47)41-33-24-44(2)25-33/h4-7,9,20-22,26,32-33,36H,8,10-19,23-25H2,1-3H3,(H,41,47)(H,43,48)/t32-,36+/m0/s1. The molecule has 3 heterocycles. The van der Waals surface area contributed by atoms with Gasteiger partial charge in [-0.15, -0.1) is 0 Å². The number of benzene rings is 2. The maximum Gasteiger partial charge on any atom is 0.305 e. The highest BCUT2D eigenvalue weighted by molar-refractivity contribution is 5.98. The van der Waals surface area contributed by atoms with E-state index in [9.17, 15) is 14.4 Å². The van der Waals surface area contributed by atoms with Crippen molar-refractivity contribution in [3.63, 3.8) is 0 Å². The van der Waals surface area contributed by atoms with Crippen molar-refractivity contribution in [2.24, 2.45) is 17.3 Å². The maximum atomic E-state index is 13.9. The Labute approximate surface area is 290 Å². The largest absolute Gasteiger partial charge is 0.469 e. The quantitative estimate of drug-likeness (QED) is 0.267. The Morgan fingerprint density at radius 1 is 1.00 bits per heavy atom. The summed E-state index contributed by atoms with van der Waals surface area (Å²) in [5.41, 5.74) is 6.13. The summed E-state index contributed by atoms with van der Waals surface area (Å²) in [6.45, 7) is 6.74. The number of aryl methyl sites for hydroxylation is 1. The van der Waals surface area contributed by atoms with Gasteiger partial charge in [0, 0.05) is 48.3 Å². The first-order chi connectivity index (χ1) is 23.7. The molecule has 2 saturated heterocycles. The van der Waals surface area contributed by atoms with Gasteiger partial charge in [-0.25, -0.2) is 0 Å². The Balaban J connectivity index is 1.07. The van der Waals surface area contributed by atoms with E-state index in [1.54, 1.807) is 0 Å². The second-order valence-corrected chi connectivity index (χ2v) is 15.5. The van der Waals surface area contributed by atoms with Gasteiger partial charge in [0.15, 0.2) is 0 Å². The van der Waals surface area contributed by atoms with E-state index in [1.165, 1.54) is 37.6 Å². The third kappa shape index (κ3) is 7.83. The van der Waals surface area contributed by atoms with Gasteiger partial charge in [-0.3, -0.25) is 19.4 Å². The number of aromatic nitrogens is 1. The van der Waals surface area contributed by atoms with Gasteiger partial charge in [0.25, 0.3) is 11.8 Å². The molecule has 260 valence electrons. The molecule has 2 atom stereocenters. The summed E-state index contributed by atoms with van der Waals surface area (Å²) in [6.07, 6.45) is 9.07. The summed E-state index contributed by atoms with van der Waals surface area (Å²) in [6, 6.07) is 15.7. The molecule has 3 fully saturated rings. The highest BCUT2D eigenvalue weighted by atomic mass is 16.5. The molecule has 2 amide bonds. The molecule has 2 N–H and O–H groups in total. The molecule has 9 heteroatoms. The predicted octanol–water partition coefficient (Wildman–Crippen LogP) is 5.32. The van der Waals surface area contributed by atoms with Crippen LogP contribution in [0.1, 0.15) is 95.4 Å². The van der Waals surface area contributed by atoms with E-state index < -0.39 is 0 Å². The van der Waals surface area contributed by atoms with Gasteiger partial charge in [0.05, 0.1) is 24.7 Å². The molecule has 1 saturated carbocycles. The van der Waals surface area contributed by atoms with Crippen LogP contribution in [0.15, 0.2) is 48.5 Å². The molecule has 3 aromatic rings. The maximum absolute atomic E-state index is 13.9. The summed E-state index contributed by atoms with van der Waals surface area (Å²) in [4.78, 5) is 48.5. The zero-order valence-corrected chi connectivity index (χ0v) is 29.3. The molecule has 0 bridgehead atoms. The van der Waals surface area contributed by atoms with Crippen molar-refractivity contribution in [3.8, 4) is 0 Å². The van der Waals surface area contributed by atoms with Gasteiger partial charge in [0.1, 0.15) is 0 Å². The highest BCUT2D eigenvalue weighted by Gasteiger charge is 2.45. The van der Waals surface area contributed by atoms with Crippen LogP contribution in [0, 0.1) is 17.3 Å². The van der Waals surface area contributed by atoms with E-state index in [0.717, 1.165) is 80.8 Å². The molecule has 0 spiro atoms. The van der Waals surface area contributed by atoms with Crippen LogP contribution in [0.3, 0.4) is 0 Å². The third-order valence-corrected chi connectivity index (χ3v) is 11.8. The van der Waals surface area contributed by atoms with Crippen LogP contribution in [0.25, 0.3) is 10.9 Å². The first-order valence-corrected chi connectivity index (χ1v) is 18.3. The van der Waals surface area contributed by atoms with Crippen molar-refractivity contribution >= 4 is 28.7 Å². The van der Waals surface area contributed by atoms with Crippen molar-refractivity contribution in [2.45, 2.75) is 76.8 Å². The summed E-state index contributed by atoms with van der Waals surface area (Å²) in [5, 5.41) is 7.50. The van der Waals surface area contributed by atoms with E-state index in [0.29, 0.717) is 35.3 Å². The van der Waals surface area contributed by atoms with Crippen LogP contribution in [0.5, 0.6) is 0 Å². The van der Waals surface area contributed by atoms with Crippen LogP contribution < -0.4 is 10.6 Å². The number of ether oxygens (including phenoxy) is 1. The zero-order valence-electron chi connectivity index (χ0n) is 29.3. The lowest BCUT2D eigenvalue weighted by atomic mass is 9.77. The molecule has 49 heavy (non-hydrogen) atoms. The van der Waals surface area contributed by atoms with E-state index in [-0.39, 0.29) is 29.9 Å². The number of fused-ring (bicyclic) bond motifs is 2. The van der Waals surface area contributed by atoms with Gasteiger partial charge < -0.3 is 25.2 Å². The number of piperidine rings is 1. The predicted molar refractivity (Wildman–Crippen MR) is 190 cm³/mol. The molecule has 7 rings (SSSR count). The highest BCUT2D eigenvalue weighted by Crippen LogP contribution is 2.55. The van der Waals surface area contributed by atoms with Crippen LogP contribution in [-0.4, -0.2) is 85.5 Å². The molecule has 1 aromatic heterocycles. The fraction of sp³-hybridized carbons (Fsp3) is 0.550. The minimum absolute atomic E-state index is 0.0824. The number of nitrogens with one attached hydrogen (secondary N) is 2. The molecule has 0 unspecified atom stereocenters. The van der Waals surface area contributed by atoms with Gasteiger partial charge >= 0.3 is 5.97 Å². The SMILES string of the molecule is COC(=O)CC1CCN(CC[C@@H](NC(=O)c2ccc3nc4c(cc3c2)C[C@@H](C2(C)CC2)CC4)c2cccc(C(=O)NC3CN(C)C3)c2)CC1. The molecule has 2 aliphatic carbocycles. The molecule has 4 aliphatic rings. The van der Waals surface area contributed by atoms with E-state index >= 15 is 0 Å². The first kappa shape index (κ1) is 33.7. The van der Waals surface area contributed by atoms with Crippen molar-refractivity contribution in [3.05, 3.63) is 76.5 Å². The Morgan fingerprint density at radius 2 is 1.78 bits per heavy atom. The number of esters is 1. The minimum Gasteiger partial charge on any atom is -0.469 e. The lowest BCUT2D eigenvalue weighted by molar-refractivity contribution is -0.142. The molecule has 2 aromatic carbocycles. The first-order valence-electron chi connectivity index (χ1n) is 18.3. The Kier molecular flexibility index (Phi) is 9.75. The number of likely N-dealkylation sites (tertiary alicyclic amines) is 2. The van der Waals surface area contributed by atoms with Crippen molar-refractivity contribution in [1.29, 1.82) is 0 Å². The van der Waals surface area contributed by atoms with Gasteiger partial charge in [0.2, 0.25) is 0 Å². The summed E-state index contributed by atoms with van der Waals surface area (Å²) >= 11 is 0. The number of hydrogen-bond acceptors (Lipinski definition) is 7. The average Bonchev–Trinajstić information content (AvgIpc) is 3.86. The lowest BCUT2D eigenvalue weighted by Crippen LogP contribution is -2.57. The Hall–Kier alpha value is -3.82. The van der Waals surface area contributed by atoms with Gasteiger partial charge in [-0.05, 0) is 136 Å². The fourth-order valence-electron chi connectivity index (χ4n) is 8.24. The molecule has 0 radical (unpaired) electrons. The summed E-state index contributed by atoms with van der Waals surface area (Å²) in [7, 11) is 3.49. The molecule has 2 aliphatic heterocycles. The molecular formula is C40H51N5O4. The van der Waals surface area contributed by atoms with E-state index in [1.807, 2.05) is 49.5 Å². The van der Waals surface area contributed by atoms with Crippen LogP contribution in [-0.2, 0) is 22.4 Å². The number of likely N-dealkylation sites (N-methyl/N-ethyl adjacent to an activating group) is 1. The number of carbonyl (C=O) groups excluding carboxylic acids is 3. The summed E-state index contributed by atoms with van der Waals surface area (Å²) in [5.74, 6) is 0.715. The number of rotatable bonds is 11. The fourth-order valence-corrected chi connectivity index (χ4v) is 8.24. The van der Waals surface area contributed by atoms with Crippen LogP contribution in [0.4, 0.5) is 0 Å². The van der Waals surface area contributed by atoms with Crippen molar-refractivity contribution in [1.82, 2.24) is 25.4 Å². The molecule has 9 nitrogen and oxygen atoms in total. The number of carbonyl (C=O) groups is 3. The number of methoxy groups -OCH3 is 1. The Bertz CT molecular complexity index is 1710. The summed E-state index contributed by atoms with van der Waals surface area (Å²) < 4.78 is 4.88. The Morgan fingerprint density at radius 3 is 2.51 bits per heavy atom. The van der Waals surface area contributed by atoms with Crippen LogP contribution >= 0.6 is 0 Å². The van der Waals surface area contributed by atoms with E-state index in [4.69, 9.17) is 9.72 Å².